The summed E-state index contributed by atoms with van der Waals surface area (Å²) in [6.45, 7) is 6.24. The van der Waals surface area contributed by atoms with Gasteiger partial charge in [0.05, 0.1) is 5.56 Å². The Morgan fingerprint density at radius 2 is 1.55 bits per heavy atom. The Labute approximate surface area is 246 Å². The predicted molar refractivity (Wildman–Crippen MR) is 158 cm³/mol. The molecule has 0 atom stereocenters. The van der Waals surface area contributed by atoms with Gasteiger partial charge in [0, 0.05) is 61.3 Å². The summed E-state index contributed by atoms with van der Waals surface area (Å²) in [5.74, 6) is 1.29. The summed E-state index contributed by atoms with van der Waals surface area (Å²) < 4.78 is 44.9. The molecule has 5 nitrogen and oxygen atoms in total. The Balaban J connectivity index is 1.29. The topological polar surface area (TPSA) is 45.7 Å². The van der Waals surface area contributed by atoms with E-state index in [1.54, 1.807) is 6.08 Å². The van der Waals surface area contributed by atoms with Crippen molar-refractivity contribution in [3.05, 3.63) is 94.8 Å². The molecule has 2 aliphatic rings. The van der Waals surface area contributed by atoms with Crippen molar-refractivity contribution >= 4 is 12.0 Å². The van der Waals surface area contributed by atoms with Crippen LogP contribution in [-0.4, -0.2) is 45.9 Å². The average Bonchev–Trinajstić information content (AvgIpc) is 3.50. The maximum absolute atomic E-state index is 13.6. The van der Waals surface area contributed by atoms with Crippen LogP contribution in [0.4, 0.5) is 13.2 Å². The lowest BCUT2D eigenvalue weighted by Gasteiger charge is -2.40. The number of aryl methyl sites for hydroxylation is 2. The van der Waals surface area contributed by atoms with Crippen molar-refractivity contribution in [2.45, 2.75) is 77.2 Å². The summed E-state index contributed by atoms with van der Waals surface area (Å²) in [6, 6.07) is 17.2. The fourth-order valence-corrected chi connectivity index (χ4v) is 6.12. The number of aromatic nitrogens is 1. The number of ether oxygens (including phenoxy) is 1. The summed E-state index contributed by atoms with van der Waals surface area (Å²) in [6.07, 6.45) is 5.60. The van der Waals surface area contributed by atoms with E-state index in [4.69, 9.17) is 4.74 Å². The van der Waals surface area contributed by atoms with Gasteiger partial charge in [-0.25, -0.2) is 0 Å². The van der Waals surface area contributed by atoms with Crippen molar-refractivity contribution in [2.24, 2.45) is 0 Å². The molecule has 2 fully saturated rings. The highest BCUT2D eigenvalue weighted by Gasteiger charge is 2.32. The molecule has 1 aromatic heterocycles. The number of carbonyl (C=O) groups is 1. The third-order valence-corrected chi connectivity index (χ3v) is 8.29. The van der Waals surface area contributed by atoms with Gasteiger partial charge >= 0.3 is 6.18 Å². The molecule has 2 heterocycles. The zero-order chi connectivity index (χ0) is 29.7. The summed E-state index contributed by atoms with van der Waals surface area (Å²) >= 11 is 0. The van der Waals surface area contributed by atoms with E-state index < -0.39 is 11.7 Å². The Kier molecular flexibility index (Phi) is 9.31. The maximum Gasteiger partial charge on any atom is 0.416 e. The van der Waals surface area contributed by atoms with E-state index in [1.807, 2.05) is 55.1 Å². The van der Waals surface area contributed by atoms with E-state index in [1.165, 1.54) is 43.9 Å². The van der Waals surface area contributed by atoms with Gasteiger partial charge in [-0.3, -0.25) is 9.78 Å². The lowest BCUT2D eigenvalue weighted by atomic mass is 9.99. The van der Waals surface area contributed by atoms with Crippen LogP contribution in [-0.2, 0) is 17.5 Å². The van der Waals surface area contributed by atoms with Gasteiger partial charge in [-0.1, -0.05) is 37.1 Å². The number of alkyl halides is 3. The van der Waals surface area contributed by atoms with Gasteiger partial charge in [0.25, 0.3) is 0 Å². The van der Waals surface area contributed by atoms with Gasteiger partial charge in [0.2, 0.25) is 5.91 Å². The highest BCUT2D eigenvalue weighted by Crippen LogP contribution is 2.30. The van der Waals surface area contributed by atoms with E-state index in [0.29, 0.717) is 23.9 Å². The monoisotopic (exact) mass is 577 g/mol. The Morgan fingerprint density at radius 3 is 2.14 bits per heavy atom. The van der Waals surface area contributed by atoms with Gasteiger partial charge in [0.1, 0.15) is 11.5 Å². The minimum atomic E-state index is -4.39. The quantitative estimate of drug-likeness (QED) is 0.255. The minimum absolute atomic E-state index is 0.0890. The van der Waals surface area contributed by atoms with Crippen LogP contribution in [0.15, 0.2) is 66.7 Å². The lowest BCUT2D eigenvalue weighted by molar-refractivity contribution is -0.137. The molecule has 1 amide bonds. The largest absolute Gasteiger partial charge is 0.457 e. The fourth-order valence-electron chi connectivity index (χ4n) is 6.12. The first-order valence-corrected chi connectivity index (χ1v) is 14.8. The van der Waals surface area contributed by atoms with E-state index in [0.717, 1.165) is 60.8 Å². The molecule has 222 valence electrons. The molecule has 5 rings (SSSR count). The van der Waals surface area contributed by atoms with Crippen LogP contribution in [0.3, 0.4) is 0 Å². The molecule has 0 unspecified atom stereocenters. The second-order valence-electron chi connectivity index (χ2n) is 11.5. The van der Waals surface area contributed by atoms with Gasteiger partial charge in [-0.05, 0) is 81.0 Å². The van der Waals surface area contributed by atoms with E-state index in [-0.39, 0.29) is 11.9 Å². The maximum atomic E-state index is 13.6. The van der Waals surface area contributed by atoms with E-state index >= 15 is 0 Å². The fraction of sp³-hybridized carbons (Fsp3) is 0.412. The minimum Gasteiger partial charge on any atom is -0.457 e. The molecule has 42 heavy (non-hydrogen) atoms. The summed E-state index contributed by atoms with van der Waals surface area (Å²) in [5, 5.41) is 0. The van der Waals surface area contributed by atoms with E-state index in [2.05, 4.69) is 9.88 Å². The first-order chi connectivity index (χ1) is 20.1. The average molecular weight is 578 g/mol. The van der Waals surface area contributed by atoms with Crippen molar-refractivity contribution in [2.75, 3.05) is 13.1 Å². The second kappa shape index (κ2) is 13.1. The number of halogens is 3. The highest BCUT2D eigenvalue weighted by molar-refractivity contribution is 5.92. The van der Waals surface area contributed by atoms with Gasteiger partial charge in [-0.15, -0.1) is 0 Å². The van der Waals surface area contributed by atoms with Crippen LogP contribution in [0, 0.1) is 13.8 Å². The van der Waals surface area contributed by atoms with Crippen molar-refractivity contribution < 1.29 is 22.7 Å². The van der Waals surface area contributed by atoms with Crippen LogP contribution >= 0.6 is 0 Å². The molecule has 1 saturated heterocycles. The van der Waals surface area contributed by atoms with Gasteiger partial charge < -0.3 is 14.5 Å². The number of amides is 1. The number of nitrogens with zero attached hydrogens (tertiary/aromatic N) is 3. The third kappa shape index (κ3) is 7.79. The second-order valence-corrected chi connectivity index (χ2v) is 11.5. The number of hydrogen-bond donors (Lipinski definition) is 0. The molecule has 0 bridgehead atoms. The van der Waals surface area contributed by atoms with Crippen LogP contribution in [0.25, 0.3) is 6.08 Å². The number of benzene rings is 2. The molecule has 1 saturated carbocycles. The molecule has 2 aromatic carbocycles. The van der Waals surface area contributed by atoms with Crippen LogP contribution in [0.5, 0.6) is 11.5 Å². The van der Waals surface area contributed by atoms with Crippen molar-refractivity contribution in [3.8, 4) is 11.5 Å². The lowest BCUT2D eigenvalue weighted by Crippen LogP contribution is -2.48. The van der Waals surface area contributed by atoms with Crippen LogP contribution < -0.4 is 4.74 Å². The summed E-state index contributed by atoms with van der Waals surface area (Å²) in [4.78, 5) is 22.5. The normalized spacial score (nSPS) is 17.2. The van der Waals surface area contributed by atoms with Crippen LogP contribution in [0.2, 0.25) is 0 Å². The first-order valence-electron chi connectivity index (χ1n) is 14.8. The Morgan fingerprint density at radius 1 is 0.929 bits per heavy atom. The first kappa shape index (κ1) is 29.8. The number of carbonyl (C=O) groups excluding carboxylic acids is 1. The van der Waals surface area contributed by atoms with Crippen LogP contribution in [0.1, 0.15) is 66.6 Å². The summed E-state index contributed by atoms with van der Waals surface area (Å²) in [7, 11) is 0. The van der Waals surface area contributed by atoms with Crippen molar-refractivity contribution in [1.29, 1.82) is 0 Å². The number of hydrogen-bond acceptors (Lipinski definition) is 4. The molecule has 8 heteroatoms. The molecule has 1 aliphatic heterocycles. The van der Waals surface area contributed by atoms with Gasteiger partial charge in [0.15, 0.2) is 0 Å². The zero-order valence-corrected chi connectivity index (χ0v) is 24.2. The molecule has 0 N–H and O–H groups in total. The SMILES string of the molecule is Cc1cc(Oc2ccc(CN(C(=O)/C=C/c3ccc(C(F)(F)F)cc3)C3CCN(C4CCCC4)CC3)cc2)cc(C)n1. The molecule has 3 aromatic rings. The van der Waals surface area contributed by atoms with Crippen molar-refractivity contribution in [1.82, 2.24) is 14.8 Å². The van der Waals surface area contributed by atoms with Gasteiger partial charge in [-0.2, -0.15) is 13.2 Å². The smallest absolute Gasteiger partial charge is 0.416 e. The van der Waals surface area contributed by atoms with E-state index in [9.17, 15) is 18.0 Å². The summed E-state index contributed by atoms with van der Waals surface area (Å²) in [5.41, 5.74) is 2.61. The number of pyridine rings is 1. The standard InChI is InChI=1S/C34H38F3N3O2/c1-24-21-32(22-25(2)38-24)42-31-14-9-27(10-15-31)23-40(30-17-19-39(20-18-30)29-5-3-4-6-29)33(41)16-11-26-7-12-28(13-8-26)34(35,36)37/h7-16,21-22,29-30H,3-6,17-20,23H2,1-2H3/b16-11+. The molecule has 1 aliphatic carbocycles. The highest BCUT2D eigenvalue weighted by atomic mass is 19.4. The molecular formula is C34H38F3N3O2. The molecule has 0 spiro atoms. The molecule has 0 radical (unpaired) electrons. The zero-order valence-electron chi connectivity index (χ0n) is 24.2. The number of likely N-dealkylation sites (tertiary alicyclic amines) is 1. The Hall–Kier alpha value is -3.65. The van der Waals surface area contributed by atoms with Crippen molar-refractivity contribution in [3.63, 3.8) is 0 Å². The number of rotatable bonds is 8. The molecular weight excluding hydrogens is 539 g/mol. The number of piperidine rings is 1. The predicted octanol–water partition coefficient (Wildman–Crippen LogP) is 7.96. The third-order valence-electron chi connectivity index (χ3n) is 8.29. The Bertz CT molecular complexity index is 1350.